The Labute approximate surface area is 118 Å². The van der Waals surface area contributed by atoms with Crippen molar-refractivity contribution in [3.8, 4) is 0 Å². The summed E-state index contributed by atoms with van der Waals surface area (Å²) in [6, 6.07) is 3.10. The number of piperidine rings is 2. The Morgan fingerprint density at radius 1 is 0.632 bits per heavy atom. The molecule has 4 bridgehead atoms. The van der Waals surface area contributed by atoms with Gasteiger partial charge in [0.1, 0.15) is 0 Å². The van der Waals surface area contributed by atoms with Crippen LogP contribution < -0.4 is 5.73 Å². The molecule has 19 heavy (non-hydrogen) atoms. The van der Waals surface area contributed by atoms with Crippen LogP contribution in [0, 0.1) is 11.8 Å². The van der Waals surface area contributed by atoms with Crippen molar-refractivity contribution in [1.82, 2.24) is 4.90 Å². The van der Waals surface area contributed by atoms with Crippen LogP contribution in [0.4, 0.5) is 0 Å². The molecule has 0 aromatic heterocycles. The predicted molar refractivity (Wildman–Crippen MR) is 78.9 cm³/mol. The lowest BCUT2D eigenvalue weighted by Gasteiger charge is -2.55. The number of fused-ring (bicyclic) bond motifs is 4. The summed E-state index contributed by atoms with van der Waals surface area (Å²) in [5.41, 5.74) is 6.28. The summed E-state index contributed by atoms with van der Waals surface area (Å²) < 4.78 is 0. The van der Waals surface area contributed by atoms with Crippen molar-refractivity contribution >= 4 is 0 Å². The first kappa shape index (κ1) is 12.6. The highest BCUT2D eigenvalue weighted by atomic mass is 15.2. The van der Waals surface area contributed by atoms with Crippen LogP contribution in [0.2, 0.25) is 0 Å². The molecule has 0 spiro atoms. The Balaban J connectivity index is 1.51. The van der Waals surface area contributed by atoms with Gasteiger partial charge in [0, 0.05) is 24.2 Å². The Morgan fingerprint density at radius 2 is 1.21 bits per heavy atom. The average molecular weight is 262 g/mol. The third-order valence-corrected chi connectivity index (χ3v) is 6.59. The van der Waals surface area contributed by atoms with E-state index in [0.717, 1.165) is 30.0 Å². The zero-order chi connectivity index (χ0) is 12.8. The third kappa shape index (κ3) is 2.35. The van der Waals surface area contributed by atoms with Gasteiger partial charge in [-0.25, -0.2) is 0 Å². The van der Waals surface area contributed by atoms with Gasteiger partial charge in [0.05, 0.1) is 0 Å². The van der Waals surface area contributed by atoms with Crippen LogP contribution in [0.3, 0.4) is 0 Å². The minimum absolute atomic E-state index is 0.495. The van der Waals surface area contributed by atoms with Gasteiger partial charge in [-0.1, -0.05) is 25.7 Å². The second kappa shape index (κ2) is 5.04. The van der Waals surface area contributed by atoms with Gasteiger partial charge >= 0.3 is 0 Å². The van der Waals surface area contributed by atoms with Crippen LogP contribution in [0.1, 0.15) is 70.6 Å². The molecule has 0 radical (unpaired) electrons. The van der Waals surface area contributed by atoms with Gasteiger partial charge in [-0.3, -0.25) is 4.90 Å². The van der Waals surface area contributed by atoms with Crippen LogP contribution in [0.25, 0.3) is 0 Å². The molecule has 4 aliphatic rings. The van der Waals surface area contributed by atoms with E-state index >= 15 is 0 Å². The zero-order valence-corrected chi connectivity index (χ0v) is 12.3. The summed E-state index contributed by atoms with van der Waals surface area (Å²) in [4.78, 5) is 2.98. The molecule has 2 heteroatoms. The fourth-order valence-electron chi connectivity index (χ4n) is 6.00. The highest BCUT2D eigenvalue weighted by Gasteiger charge is 2.43. The van der Waals surface area contributed by atoms with E-state index < -0.39 is 0 Å². The fourth-order valence-corrected chi connectivity index (χ4v) is 6.00. The van der Waals surface area contributed by atoms with Crippen LogP contribution >= 0.6 is 0 Å². The van der Waals surface area contributed by atoms with Gasteiger partial charge in [-0.15, -0.1) is 0 Å². The van der Waals surface area contributed by atoms with Crippen molar-refractivity contribution in [3.05, 3.63) is 0 Å². The maximum atomic E-state index is 6.28. The van der Waals surface area contributed by atoms with Crippen LogP contribution in [-0.2, 0) is 0 Å². The van der Waals surface area contributed by atoms with Gasteiger partial charge in [-0.2, -0.15) is 0 Å². The molecule has 0 amide bonds. The van der Waals surface area contributed by atoms with E-state index in [2.05, 4.69) is 4.90 Å². The lowest BCUT2D eigenvalue weighted by molar-refractivity contribution is -0.0401. The minimum atomic E-state index is 0.495. The third-order valence-electron chi connectivity index (χ3n) is 6.59. The van der Waals surface area contributed by atoms with Gasteiger partial charge in [0.2, 0.25) is 0 Å². The standard InChI is InChI=1S/C17H30N2/c18-14-10-15-5-2-6-16(11-14)19(15)17-8-12-3-1-4-13(7-12)9-17/h12-17H,1-11,18H2/t12-,13+,14-,15-,16+,17-. The maximum Gasteiger partial charge on any atom is 0.0116 e. The Hall–Kier alpha value is -0.0800. The predicted octanol–water partition coefficient (Wildman–Crippen LogP) is 3.30. The van der Waals surface area contributed by atoms with Crippen LogP contribution in [0.15, 0.2) is 0 Å². The molecule has 0 unspecified atom stereocenters. The summed E-state index contributed by atoms with van der Waals surface area (Å²) in [5.74, 6) is 2.13. The van der Waals surface area contributed by atoms with Crippen molar-refractivity contribution < 1.29 is 0 Å². The molecule has 2 nitrogen and oxygen atoms in total. The molecule has 0 aromatic rings. The van der Waals surface area contributed by atoms with E-state index in [1.807, 2.05) is 0 Å². The zero-order valence-electron chi connectivity index (χ0n) is 12.3. The Morgan fingerprint density at radius 3 is 1.84 bits per heavy atom. The fraction of sp³-hybridized carbons (Fsp3) is 1.00. The van der Waals surface area contributed by atoms with Gasteiger partial charge in [0.15, 0.2) is 0 Å². The Bertz CT molecular complexity index is 303. The molecule has 2 aliphatic carbocycles. The molecule has 4 fully saturated rings. The first-order valence-corrected chi connectivity index (χ1v) is 8.82. The van der Waals surface area contributed by atoms with Crippen LogP contribution in [-0.4, -0.2) is 29.1 Å². The van der Waals surface area contributed by atoms with Crippen molar-refractivity contribution in [1.29, 1.82) is 0 Å². The maximum absolute atomic E-state index is 6.28. The lowest BCUT2D eigenvalue weighted by Crippen LogP contribution is -2.60. The molecular weight excluding hydrogens is 232 g/mol. The number of hydrogen-bond acceptors (Lipinski definition) is 2. The monoisotopic (exact) mass is 262 g/mol. The van der Waals surface area contributed by atoms with Gasteiger partial charge in [0.25, 0.3) is 0 Å². The normalized spacial score (nSPS) is 51.0. The van der Waals surface area contributed by atoms with Gasteiger partial charge < -0.3 is 5.73 Å². The summed E-state index contributed by atoms with van der Waals surface area (Å²) >= 11 is 0. The second-order valence-electron chi connectivity index (χ2n) is 7.94. The first-order chi connectivity index (χ1) is 9.29. The van der Waals surface area contributed by atoms with Crippen molar-refractivity contribution in [2.45, 2.75) is 94.8 Å². The van der Waals surface area contributed by atoms with Crippen molar-refractivity contribution in [3.63, 3.8) is 0 Å². The van der Waals surface area contributed by atoms with Crippen molar-refractivity contribution in [2.24, 2.45) is 17.6 Å². The molecule has 2 N–H and O–H groups in total. The molecule has 0 aromatic carbocycles. The summed E-state index contributed by atoms with van der Waals surface area (Å²) in [6.07, 6.45) is 16.0. The quantitative estimate of drug-likeness (QED) is 0.785. The molecule has 2 heterocycles. The van der Waals surface area contributed by atoms with E-state index in [1.165, 1.54) is 64.2 Å². The van der Waals surface area contributed by atoms with Crippen LogP contribution in [0.5, 0.6) is 0 Å². The number of rotatable bonds is 1. The number of hydrogen-bond donors (Lipinski definition) is 1. The highest BCUT2D eigenvalue weighted by molar-refractivity contribution is 4.99. The van der Waals surface area contributed by atoms with E-state index in [4.69, 9.17) is 5.73 Å². The van der Waals surface area contributed by atoms with Crippen molar-refractivity contribution in [2.75, 3.05) is 0 Å². The lowest BCUT2D eigenvalue weighted by atomic mass is 9.68. The van der Waals surface area contributed by atoms with Gasteiger partial charge in [-0.05, 0) is 56.8 Å². The summed E-state index contributed by atoms with van der Waals surface area (Å²) in [7, 11) is 0. The molecule has 108 valence electrons. The molecule has 4 rings (SSSR count). The molecule has 2 saturated heterocycles. The first-order valence-electron chi connectivity index (χ1n) is 8.82. The SMILES string of the molecule is N[C@@H]1C[C@H]2CCC[C@@H](C1)N2[C@@H]1C[C@@H]2CCC[C@@H](C2)C1. The second-order valence-corrected chi connectivity index (χ2v) is 7.94. The smallest absolute Gasteiger partial charge is 0.0116 e. The van der Waals surface area contributed by atoms with E-state index in [0.29, 0.717) is 6.04 Å². The highest BCUT2D eigenvalue weighted by Crippen LogP contribution is 2.45. The Kier molecular flexibility index (Phi) is 3.35. The van der Waals surface area contributed by atoms with E-state index in [9.17, 15) is 0 Å². The average Bonchev–Trinajstić information content (AvgIpc) is 2.37. The van der Waals surface area contributed by atoms with E-state index in [1.54, 1.807) is 6.42 Å². The number of nitrogens with two attached hydrogens (primary N) is 1. The minimum Gasteiger partial charge on any atom is -0.328 e. The summed E-state index contributed by atoms with van der Waals surface area (Å²) in [5, 5.41) is 0. The van der Waals surface area contributed by atoms with E-state index in [-0.39, 0.29) is 0 Å². The largest absolute Gasteiger partial charge is 0.328 e. The number of nitrogens with zero attached hydrogens (tertiary/aromatic N) is 1. The molecule has 2 aliphatic heterocycles. The molecule has 6 atom stereocenters. The molecular formula is C17H30N2. The summed E-state index contributed by atoms with van der Waals surface area (Å²) in [6.45, 7) is 0. The topological polar surface area (TPSA) is 29.3 Å². The molecule has 2 saturated carbocycles.